The zero-order valence-electron chi connectivity index (χ0n) is 10.8. The van der Waals surface area contributed by atoms with E-state index in [0.717, 1.165) is 6.42 Å². The maximum atomic E-state index is 11.7. The van der Waals surface area contributed by atoms with E-state index in [4.69, 9.17) is 9.84 Å². The van der Waals surface area contributed by atoms with Crippen molar-refractivity contribution < 1.29 is 19.4 Å². The number of hydrogen-bond donors (Lipinski definition) is 3. The number of methoxy groups -OCH3 is 1. The summed E-state index contributed by atoms with van der Waals surface area (Å²) >= 11 is 0. The van der Waals surface area contributed by atoms with Crippen LogP contribution in [0.3, 0.4) is 0 Å². The molecular weight excluding hydrogens is 248 g/mol. The van der Waals surface area contributed by atoms with Crippen molar-refractivity contribution in [2.45, 2.75) is 19.4 Å². The lowest BCUT2D eigenvalue weighted by Crippen LogP contribution is -2.31. The minimum Gasteiger partial charge on any atom is -0.495 e. The van der Waals surface area contributed by atoms with E-state index in [0.29, 0.717) is 17.4 Å². The van der Waals surface area contributed by atoms with Crippen LogP contribution in [-0.4, -0.2) is 30.3 Å². The van der Waals surface area contributed by atoms with Gasteiger partial charge in [0.15, 0.2) is 0 Å². The minimum atomic E-state index is -1.05. The highest BCUT2D eigenvalue weighted by Crippen LogP contribution is 2.30. The summed E-state index contributed by atoms with van der Waals surface area (Å²) in [5.74, 6) is -0.135. The van der Waals surface area contributed by atoms with Crippen LogP contribution in [0.1, 0.15) is 23.7 Å². The SMILES string of the molecule is COc1ccc(C(=O)O)cc1NC(=O)NC1CC1C. The molecule has 1 aromatic carbocycles. The molecule has 6 nitrogen and oxygen atoms in total. The van der Waals surface area contributed by atoms with Crippen molar-refractivity contribution in [1.29, 1.82) is 0 Å². The number of carboxylic acids is 1. The van der Waals surface area contributed by atoms with E-state index in [1.807, 2.05) is 0 Å². The van der Waals surface area contributed by atoms with Crippen LogP contribution in [0.25, 0.3) is 0 Å². The molecule has 1 aromatic rings. The highest BCUT2D eigenvalue weighted by atomic mass is 16.5. The van der Waals surface area contributed by atoms with Gasteiger partial charge in [-0.25, -0.2) is 9.59 Å². The Morgan fingerprint density at radius 3 is 2.63 bits per heavy atom. The van der Waals surface area contributed by atoms with E-state index < -0.39 is 5.97 Å². The number of rotatable bonds is 4. The summed E-state index contributed by atoms with van der Waals surface area (Å²) in [5.41, 5.74) is 0.434. The standard InChI is InChI=1S/C13H16N2O4/c1-7-5-9(7)14-13(18)15-10-6-8(12(16)17)3-4-11(10)19-2/h3-4,6-7,9H,5H2,1-2H3,(H,16,17)(H2,14,15,18). The topological polar surface area (TPSA) is 87.7 Å². The van der Waals surface area contributed by atoms with Gasteiger partial charge >= 0.3 is 12.0 Å². The first-order valence-corrected chi connectivity index (χ1v) is 6.00. The van der Waals surface area contributed by atoms with Crippen LogP contribution >= 0.6 is 0 Å². The summed E-state index contributed by atoms with van der Waals surface area (Å²) in [7, 11) is 1.46. The zero-order valence-corrected chi connectivity index (χ0v) is 10.8. The second kappa shape index (κ2) is 5.17. The van der Waals surface area contributed by atoms with Crippen molar-refractivity contribution in [3.05, 3.63) is 23.8 Å². The van der Waals surface area contributed by atoms with Gasteiger partial charge in [-0.15, -0.1) is 0 Å². The lowest BCUT2D eigenvalue weighted by molar-refractivity contribution is 0.0697. The maximum absolute atomic E-state index is 11.7. The molecule has 0 aliphatic heterocycles. The molecule has 102 valence electrons. The summed E-state index contributed by atoms with van der Waals surface area (Å²) in [6, 6.07) is 4.16. The van der Waals surface area contributed by atoms with Crippen LogP contribution in [0.5, 0.6) is 5.75 Å². The fourth-order valence-corrected chi connectivity index (χ4v) is 1.79. The van der Waals surface area contributed by atoms with E-state index in [2.05, 4.69) is 17.6 Å². The molecule has 0 saturated heterocycles. The molecule has 6 heteroatoms. The Labute approximate surface area is 110 Å². The average Bonchev–Trinajstić information content (AvgIpc) is 3.04. The van der Waals surface area contributed by atoms with Crippen LogP contribution in [0.4, 0.5) is 10.5 Å². The molecule has 19 heavy (non-hydrogen) atoms. The fourth-order valence-electron chi connectivity index (χ4n) is 1.79. The molecule has 2 rings (SSSR count). The molecular formula is C13H16N2O4. The zero-order chi connectivity index (χ0) is 14.0. The van der Waals surface area contributed by atoms with Gasteiger partial charge in [0.25, 0.3) is 0 Å². The van der Waals surface area contributed by atoms with Crippen molar-refractivity contribution in [3.63, 3.8) is 0 Å². The number of anilines is 1. The molecule has 2 amide bonds. The van der Waals surface area contributed by atoms with Crippen molar-refractivity contribution in [1.82, 2.24) is 5.32 Å². The van der Waals surface area contributed by atoms with Crippen molar-refractivity contribution in [2.24, 2.45) is 5.92 Å². The Bertz CT molecular complexity index is 515. The van der Waals surface area contributed by atoms with Crippen molar-refractivity contribution in [2.75, 3.05) is 12.4 Å². The van der Waals surface area contributed by atoms with E-state index >= 15 is 0 Å². The molecule has 1 aliphatic rings. The van der Waals surface area contributed by atoms with Crippen LogP contribution < -0.4 is 15.4 Å². The molecule has 1 aliphatic carbocycles. The van der Waals surface area contributed by atoms with Crippen molar-refractivity contribution >= 4 is 17.7 Å². The second-order valence-corrected chi connectivity index (χ2v) is 4.64. The predicted octanol–water partition coefficient (Wildman–Crippen LogP) is 1.92. The molecule has 2 unspecified atom stereocenters. The second-order valence-electron chi connectivity index (χ2n) is 4.64. The third-order valence-corrected chi connectivity index (χ3v) is 3.12. The molecule has 3 N–H and O–H groups in total. The Hall–Kier alpha value is -2.24. The molecule has 2 atom stereocenters. The number of amides is 2. The molecule has 0 spiro atoms. The van der Waals surface area contributed by atoms with Crippen LogP contribution in [0, 0.1) is 5.92 Å². The highest BCUT2D eigenvalue weighted by Gasteiger charge is 2.33. The Kier molecular flexibility index (Phi) is 3.59. The van der Waals surface area contributed by atoms with E-state index in [9.17, 15) is 9.59 Å². The van der Waals surface area contributed by atoms with Crippen molar-refractivity contribution in [3.8, 4) is 5.75 Å². The van der Waals surface area contributed by atoms with Gasteiger partial charge in [-0.1, -0.05) is 6.92 Å². The first-order valence-electron chi connectivity index (χ1n) is 6.00. The number of carbonyl (C=O) groups excluding carboxylic acids is 1. The largest absolute Gasteiger partial charge is 0.495 e. The van der Waals surface area contributed by atoms with Gasteiger partial charge < -0.3 is 20.5 Å². The van der Waals surface area contributed by atoms with Crippen LogP contribution in [-0.2, 0) is 0 Å². The predicted molar refractivity (Wildman–Crippen MR) is 69.7 cm³/mol. The van der Waals surface area contributed by atoms with E-state index in [1.54, 1.807) is 0 Å². The van der Waals surface area contributed by atoms with Gasteiger partial charge in [-0.3, -0.25) is 0 Å². The quantitative estimate of drug-likeness (QED) is 0.775. The van der Waals surface area contributed by atoms with Gasteiger partial charge in [-0.05, 0) is 30.5 Å². The summed E-state index contributed by atoms with van der Waals surface area (Å²) < 4.78 is 5.09. The lowest BCUT2D eigenvalue weighted by Gasteiger charge is -2.11. The minimum absolute atomic E-state index is 0.0934. The number of aromatic carboxylic acids is 1. The monoisotopic (exact) mass is 264 g/mol. The van der Waals surface area contributed by atoms with Crippen LogP contribution in [0.2, 0.25) is 0 Å². The molecule has 1 saturated carbocycles. The number of ether oxygens (including phenoxy) is 1. The summed E-state index contributed by atoms with van der Waals surface area (Å²) in [4.78, 5) is 22.6. The van der Waals surface area contributed by atoms with Gasteiger partial charge in [0, 0.05) is 6.04 Å². The molecule has 0 aromatic heterocycles. The van der Waals surface area contributed by atoms with Crippen LogP contribution in [0.15, 0.2) is 18.2 Å². The van der Waals surface area contributed by atoms with Gasteiger partial charge in [-0.2, -0.15) is 0 Å². The smallest absolute Gasteiger partial charge is 0.335 e. The Morgan fingerprint density at radius 1 is 1.42 bits per heavy atom. The van der Waals surface area contributed by atoms with E-state index in [-0.39, 0.29) is 17.6 Å². The summed E-state index contributed by atoms with van der Waals surface area (Å²) in [5, 5.41) is 14.3. The lowest BCUT2D eigenvalue weighted by atomic mass is 10.2. The van der Waals surface area contributed by atoms with Gasteiger partial charge in [0.1, 0.15) is 5.75 Å². The highest BCUT2D eigenvalue weighted by molar-refractivity contribution is 5.95. The number of nitrogens with one attached hydrogen (secondary N) is 2. The third-order valence-electron chi connectivity index (χ3n) is 3.12. The molecule has 0 bridgehead atoms. The average molecular weight is 264 g/mol. The number of carboxylic acid groups (broad SMARTS) is 1. The first kappa shape index (κ1) is 13.2. The summed E-state index contributed by atoms with van der Waals surface area (Å²) in [6.45, 7) is 2.05. The molecule has 1 fully saturated rings. The maximum Gasteiger partial charge on any atom is 0.335 e. The van der Waals surface area contributed by atoms with Gasteiger partial charge in [0.2, 0.25) is 0 Å². The number of benzene rings is 1. The molecule has 0 radical (unpaired) electrons. The van der Waals surface area contributed by atoms with E-state index in [1.165, 1.54) is 25.3 Å². The number of urea groups is 1. The number of carbonyl (C=O) groups is 2. The fraction of sp³-hybridized carbons (Fsp3) is 0.385. The Morgan fingerprint density at radius 2 is 2.11 bits per heavy atom. The normalized spacial score (nSPS) is 20.5. The third kappa shape index (κ3) is 3.15. The van der Waals surface area contributed by atoms with Gasteiger partial charge in [0.05, 0.1) is 18.4 Å². The Balaban J connectivity index is 2.10. The number of hydrogen-bond acceptors (Lipinski definition) is 3. The molecule has 0 heterocycles. The summed E-state index contributed by atoms with van der Waals surface area (Å²) in [6.07, 6.45) is 0.972. The first-order chi connectivity index (χ1) is 9.01.